The van der Waals surface area contributed by atoms with Crippen LogP contribution in [-0.4, -0.2) is 23.4 Å². The van der Waals surface area contributed by atoms with Crippen LogP contribution in [0.5, 0.6) is 0 Å². The number of nitrogens with zero attached hydrogens (tertiary/aromatic N) is 1. The average Bonchev–Trinajstić information content (AvgIpc) is 2.83. The van der Waals surface area contributed by atoms with Crippen LogP contribution in [0.15, 0.2) is 40.4 Å². The highest BCUT2D eigenvalue weighted by atomic mass is 127. The quantitative estimate of drug-likeness (QED) is 0.386. The fourth-order valence-corrected chi connectivity index (χ4v) is 3.90. The largest absolute Gasteiger partial charge is 0.463 e. The number of ether oxygens (including phenoxy) is 1. The molecule has 0 spiro atoms. The van der Waals surface area contributed by atoms with Crippen molar-refractivity contribution < 1.29 is 9.53 Å². The molecule has 2 rings (SSSR count). The van der Waals surface area contributed by atoms with Crippen molar-refractivity contribution in [3.8, 4) is 0 Å². The molecule has 1 heterocycles. The van der Waals surface area contributed by atoms with Gasteiger partial charge in [-0.1, -0.05) is 34.1 Å². The van der Waals surface area contributed by atoms with Gasteiger partial charge in [0.15, 0.2) is 0 Å². The summed E-state index contributed by atoms with van der Waals surface area (Å²) in [5, 5.41) is 0. The summed E-state index contributed by atoms with van der Waals surface area (Å²) in [4.78, 5) is 12.0. The van der Waals surface area contributed by atoms with Crippen LogP contribution in [0, 0.1) is 0 Å². The summed E-state index contributed by atoms with van der Waals surface area (Å²) in [6.45, 7) is 2.98. The summed E-state index contributed by atoms with van der Waals surface area (Å²) in [5.41, 5.74) is 1.83. The van der Waals surface area contributed by atoms with E-state index in [1.54, 1.807) is 9.12 Å². The first kappa shape index (κ1) is 15.3. The number of rotatable bonds is 4. The Labute approximate surface area is 137 Å². The molecule has 1 aromatic rings. The summed E-state index contributed by atoms with van der Waals surface area (Å²) >= 11 is 5.67. The molecule has 102 valence electrons. The van der Waals surface area contributed by atoms with Gasteiger partial charge in [-0.2, -0.15) is 0 Å². The number of hydrogen-bond acceptors (Lipinski definition) is 4. The van der Waals surface area contributed by atoms with E-state index in [1.165, 1.54) is 0 Å². The van der Waals surface area contributed by atoms with Gasteiger partial charge in [0.25, 0.3) is 0 Å². The Hall–Kier alpha value is -0.0500. The van der Waals surface area contributed by atoms with Gasteiger partial charge in [0.2, 0.25) is 0 Å². The van der Waals surface area contributed by atoms with Crippen molar-refractivity contribution in [2.24, 2.45) is 0 Å². The van der Waals surface area contributed by atoms with E-state index in [9.17, 15) is 4.79 Å². The highest BCUT2D eigenvalue weighted by Crippen LogP contribution is 2.40. The molecule has 0 fully saturated rings. The third kappa shape index (κ3) is 3.53. The van der Waals surface area contributed by atoms with Crippen LogP contribution >= 0.6 is 46.3 Å². The molecule has 3 nitrogen and oxygen atoms in total. The molecule has 19 heavy (non-hydrogen) atoms. The van der Waals surface area contributed by atoms with E-state index in [1.807, 2.05) is 37.3 Å². The third-order valence-electron chi connectivity index (χ3n) is 2.86. The van der Waals surface area contributed by atoms with Gasteiger partial charge in [0.1, 0.15) is 0 Å². The van der Waals surface area contributed by atoms with Gasteiger partial charge in [-0.3, -0.25) is 0 Å². The first-order valence-electron chi connectivity index (χ1n) is 5.85. The van der Waals surface area contributed by atoms with Crippen molar-refractivity contribution in [2.75, 3.05) is 13.2 Å². The van der Waals surface area contributed by atoms with E-state index >= 15 is 0 Å². The number of hydrogen-bond donors (Lipinski definition) is 0. The molecular weight excluding hydrogens is 441 g/mol. The Morgan fingerprint density at radius 1 is 1.53 bits per heavy atom. The maximum atomic E-state index is 12.0. The first-order valence-corrected chi connectivity index (χ1v) is 9.96. The van der Waals surface area contributed by atoms with Gasteiger partial charge in [-0.05, 0) is 33.7 Å². The van der Waals surface area contributed by atoms with Crippen molar-refractivity contribution in [1.82, 2.24) is 4.31 Å². The number of benzene rings is 1. The predicted octanol–water partition coefficient (Wildman–Crippen LogP) is 4.29. The molecule has 0 N–H and O–H groups in total. The van der Waals surface area contributed by atoms with Crippen LogP contribution in [-0.2, 0) is 9.53 Å². The molecule has 1 aromatic carbocycles. The van der Waals surface area contributed by atoms with E-state index in [0.717, 1.165) is 22.2 Å². The maximum Gasteiger partial charge on any atom is 0.335 e. The predicted molar refractivity (Wildman–Crippen MR) is 89.9 cm³/mol. The minimum absolute atomic E-state index is 0.0333. The maximum absolute atomic E-state index is 12.0. The van der Waals surface area contributed by atoms with E-state index < -0.39 is 0 Å². The van der Waals surface area contributed by atoms with Crippen LogP contribution in [0.2, 0.25) is 0 Å². The Kier molecular flexibility index (Phi) is 5.73. The van der Waals surface area contributed by atoms with E-state index in [2.05, 4.69) is 41.4 Å². The van der Waals surface area contributed by atoms with Crippen molar-refractivity contribution in [2.45, 2.75) is 13.0 Å². The molecule has 0 radical (unpaired) electrons. The molecule has 1 unspecified atom stereocenters. The highest BCUT2D eigenvalue weighted by molar-refractivity contribution is 14.2. The molecule has 0 amide bonds. The third-order valence-corrected chi connectivity index (χ3v) is 5.44. The number of carbonyl (C=O) groups excluding carboxylic acids is 1. The number of halogens is 2. The lowest BCUT2D eigenvalue weighted by atomic mass is 10.0. The lowest BCUT2D eigenvalue weighted by molar-refractivity contribution is -0.138. The SMILES string of the molecule is CCOC(=O)C1=CCN(SI)C1c1ccc(Br)cc1. The standard InChI is InChI=1S/C13H13BrINO2S/c1-2-18-13(17)11-7-8-16(19-15)12(11)9-3-5-10(14)6-4-9/h3-7,12H,2,8H2,1H3. The Bertz CT molecular complexity index is 492. The lowest BCUT2D eigenvalue weighted by Crippen LogP contribution is -2.21. The summed E-state index contributed by atoms with van der Waals surface area (Å²) in [6.07, 6.45) is 1.95. The molecule has 6 heteroatoms. The fraction of sp³-hybridized carbons (Fsp3) is 0.308. The molecule has 0 saturated heterocycles. The molecular formula is C13H13BrINO2S. The average molecular weight is 454 g/mol. The van der Waals surface area contributed by atoms with Gasteiger partial charge in [0, 0.05) is 32.2 Å². The second kappa shape index (κ2) is 7.10. The summed E-state index contributed by atoms with van der Waals surface area (Å²) in [5.74, 6) is -0.219. The van der Waals surface area contributed by atoms with Gasteiger partial charge >= 0.3 is 5.97 Å². The fourth-order valence-electron chi connectivity index (χ4n) is 2.03. The summed E-state index contributed by atoms with van der Waals surface area (Å²) < 4.78 is 8.33. The zero-order valence-corrected chi connectivity index (χ0v) is 14.9. The van der Waals surface area contributed by atoms with Crippen molar-refractivity contribution in [3.63, 3.8) is 0 Å². The van der Waals surface area contributed by atoms with Gasteiger partial charge in [-0.25, -0.2) is 9.10 Å². The lowest BCUT2D eigenvalue weighted by Gasteiger charge is -2.23. The smallest absolute Gasteiger partial charge is 0.335 e. The molecule has 0 aliphatic carbocycles. The minimum atomic E-state index is -0.219. The topological polar surface area (TPSA) is 29.5 Å². The monoisotopic (exact) mass is 453 g/mol. The Morgan fingerprint density at radius 3 is 2.79 bits per heavy atom. The van der Waals surface area contributed by atoms with Crippen LogP contribution < -0.4 is 0 Å². The van der Waals surface area contributed by atoms with Crippen molar-refractivity contribution >= 4 is 52.2 Å². The Morgan fingerprint density at radius 2 is 2.21 bits per heavy atom. The molecule has 0 aromatic heterocycles. The molecule has 0 saturated carbocycles. The van der Waals surface area contributed by atoms with Crippen LogP contribution in [0.25, 0.3) is 0 Å². The first-order chi connectivity index (χ1) is 9.17. The Balaban J connectivity index is 2.29. The summed E-state index contributed by atoms with van der Waals surface area (Å²) in [7, 11) is 1.61. The van der Waals surface area contributed by atoms with Gasteiger partial charge in [0.05, 0.1) is 18.2 Å². The number of esters is 1. The number of carbonyl (C=O) groups is 1. The van der Waals surface area contributed by atoms with E-state index in [4.69, 9.17) is 4.74 Å². The van der Waals surface area contributed by atoms with Gasteiger partial charge < -0.3 is 4.74 Å². The summed E-state index contributed by atoms with van der Waals surface area (Å²) in [6, 6.07) is 8.02. The van der Waals surface area contributed by atoms with E-state index in [0.29, 0.717) is 6.61 Å². The van der Waals surface area contributed by atoms with Crippen molar-refractivity contribution in [1.29, 1.82) is 0 Å². The van der Waals surface area contributed by atoms with Crippen LogP contribution in [0.3, 0.4) is 0 Å². The molecule has 1 aliphatic rings. The van der Waals surface area contributed by atoms with E-state index in [-0.39, 0.29) is 12.0 Å². The zero-order chi connectivity index (χ0) is 13.8. The van der Waals surface area contributed by atoms with Crippen LogP contribution in [0.1, 0.15) is 18.5 Å². The molecule has 1 aliphatic heterocycles. The minimum Gasteiger partial charge on any atom is -0.463 e. The van der Waals surface area contributed by atoms with Crippen LogP contribution in [0.4, 0.5) is 0 Å². The highest BCUT2D eigenvalue weighted by Gasteiger charge is 2.33. The zero-order valence-electron chi connectivity index (χ0n) is 10.3. The second-order valence-corrected chi connectivity index (χ2v) is 6.71. The molecule has 1 atom stereocenters. The van der Waals surface area contributed by atoms with Crippen molar-refractivity contribution in [3.05, 3.63) is 46.0 Å². The second-order valence-electron chi connectivity index (χ2n) is 4.00. The van der Waals surface area contributed by atoms with Gasteiger partial charge in [-0.15, -0.1) is 0 Å². The molecule has 0 bridgehead atoms. The normalized spacial score (nSPS) is 19.3.